The number of hydrogen-bond acceptors (Lipinski definition) is 3. The zero-order chi connectivity index (χ0) is 32.8. The molecule has 3 nitrogen and oxygen atoms in total. The summed E-state index contributed by atoms with van der Waals surface area (Å²) in [7, 11) is 0. The SMILES string of the molecule is CCCC(CC)OC1=CC=C2CC(C3CCCC(CO)CC3)C(O)C(CC3C=CC(CC4CCC(CC)CC4)=CC3)C(C3CC3)C2C1. The van der Waals surface area contributed by atoms with E-state index in [1.54, 1.807) is 11.1 Å². The van der Waals surface area contributed by atoms with Gasteiger partial charge in [0.2, 0.25) is 0 Å². The molecule has 0 aromatic heterocycles. The molecule has 9 atom stereocenters. The van der Waals surface area contributed by atoms with E-state index in [0.29, 0.717) is 54.1 Å². The molecule has 0 saturated heterocycles. The number of hydrogen-bond donors (Lipinski definition) is 2. The van der Waals surface area contributed by atoms with Crippen LogP contribution in [-0.2, 0) is 4.74 Å². The summed E-state index contributed by atoms with van der Waals surface area (Å²) in [5.74, 6) is 7.13. The summed E-state index contributed by atoms with van der Waals surface area (Å²) in [6.45, 7) is 7.23. The van der Waals surface area contributed by atoms with Crippen molar-refractivity contribution in [2.75, 3.05) is 6.61 Å². The zero-order valence-electron chi connectivity index (χ0n) is 30.5. The number of aliphatic hydroxyl groups excluding tert-OH is 2. The van der Waals surface area contributed by atoms with E-state index >= 15 is 0 Å². The van der Waals surface area contributed by atoms with Gasteiger partial charge >= 0.3 is 0 Å². The molecule has 0 aromatic rings. The molecule has 3 heteroatoms. The Bertz CT molecular complexity index is 1100. The summed E-state index contributed by atoms with van der Waals surface area (Å²) in [6.07, 6.45) is 37.1. The predicted octanol–water partition coefficient (Wildman–Crippen LogP) is 11.1. The Balaban J connectivity index is 1.20. The highest BCUT2D eigenvalue weighted by Gasteiger charge is 2.51. The average molecular weight is 647 g/mol. The quantitative estimate of drug-likeness (QED) is 0.196. The fraction of sp³-hybridized carbons (Fsp3) is 0.818. The van der Waals surface area contributed by atoms with E-state index in [1.807, 2.05) is 0 Å². The van der Waals surface area contributed by atoms with Gasteiger partial charge in [0.05, 0.1) is 18.0 Å². The number of aliphatic hydroxyl groups is 2. The summed E-state index contributed by atoms with van der Waals surface area (Å²) in [5.41, 5.74) is 3.20. The van der Waals surface area contributed by atoms with Crippen LogP contribution in [0.2, 0.25) is 0 Å². The molecule has 0 bridgehead atoms. The summed E-state index contributed by atoms with van der Waals surface area (Å²) in [5, 5.41) is 22.6. The molecule has 0 aliphatic heterocycles. The van der Waals surface area contributed by atoms with Crippen molar-refractivity contribution in [3.63, 3.8) is 0 Å². The maximum absolute atomic E-state index is 12.7. The second-order valence-electron chi connectivity index (χ2n) is 17.2. The lowest BCUT2D eigenvalue weighted by atomic mass is 9.68. The number of rotatable bonds is 13. The normalized spacial score (nSPS) is 38.7. The van der Waals surface area contributed by atoms with Crippen molar-refractivity contribution in [2.24, 2.45) is 59.2 Å². The molecule has 0 radical (unpaired) electrons. The van der Waals surface area contributed by atoms with Gasteiger partial charge in [0.25, 0.3) is 0 Å². The minimum atomic E-state index is -0.233. The average Bonchev–Trinajstić information content (AvgIpc) is 3.96. The van der Waals surface area contributed by atoms with Crippen LogP contribution < -0.4 is 0 Å². The predicted molar refractivity (Wildman–Crippen MR) is 196 cm³/mol. The third-order valence-corrected chi connectivity index (χ3v) is 14.1. The lowest BCUT2D eigenvalue weighted by Gasteiger charge is -2.39. The molecule has 6 aliphatic rings. The van der Waals surface area contributed by atoms with Crippen molar-refractivity contribution in [1.82, 2.24) is 0 Å². The van der Waals surface area contributed by atoms with Crippen LogP contribution in [0.1, 0.15) is 149 Å². The van der Waals surface area contributed by atoms with Crippen LogP contribution >= 0.6 is 0 Å². The maximum Gasteiger partial charge on any atom is 0.0979 e. The van der Waals surface area contributed by atoms with Crippen molar-refractivity contribution in [3.8, 4) is 0 Å². The van der Waals surface area contributed by atoms with E-state index in [0.717, 1.165) is 69.1 Å². The van der Waals surface area contributed by atoms with Crippen LogP contribution in [-0.4, -0.2) is 29.0 Å². The lowest BCUT2D eigenvalue weighted by molar-refractivity contribution is -0.0139. The zero-order valence-corrected chi connectivity index (χ0v) is 30.5. The number of ether oxygens (including phenoxy) is 1. The monoisotopic (exact) mass is 647 g/mol. The Kier molecular flexibility index (Phi) is 12.9. The van der Waals surface area contributed by atoms with Crippen molar-refractivity contribution in [2.45, 2.75) is 161 Å². The van der Waals surface area contributed by atoms with Gasteiger partial charge in [-0.25, -0.2) is 0 Å². The summed E-state index contributed by atoms with van der Waals surface area (Å²) in [4.78, 5) is 0. The van der Waals surface area contributed by atoms with Gasteiger partial charge in [-0.1, -0.05) is 94.7 Å². The van der Waals surface area contributed by atoms with Gasteiger partial charge in [-0.3, -0.25) is 0 Å². The van der Waals surface area contributed by atoms with E-state index in [-0.39, 0.29) is 6.10 Å². The van der Waals surface area contributed by atoms with E-state index in [2.05, 4.69) is 51.2 Å². The van der Waals surface area contributed by atoms with E-state index in [9.17, 15) is 10.2 Å². The Hall–Kier alpha value is -1.32. The molecule has 6 aliphatic carbocycles. The molecule has 4 fully saturated rings. The van der Waals surface area contributed by atoms with Crippen LogP contribution in [0.25, 0.3) is 0 Å². The third-order valence-electron chi connectivity index (χ3n) is 14.1. The van der Waals surface area contributed by atoms with Crippen molar-refractivity contribution in [3.05, 3.63) is 47.3 Å². The first-order valence-electron chi connectivity index (χ1n) is 20.7. The minimum Gasteiger partial charge on any atom is -0.495 e. The topological polar surface area (TPSA) is 49.7 Å². The van der Waals surface area contributed by atoms with Gasteiger partial charge in [-0.15, -0.1) is 0 Å². The third kappa shape index (κ3) is 9.08. The molecule has 6 rings (SSSR count). The molecular weight excluding hydrogens is 576 g/mol. The molecule has 2 N–H and O–H groups in total. The molecular formula is C44H70O3. The summed E-state index contributed by atoms with van der Waals surface area (Å²) < 4.78 is 6.71. The first-order chi connectivity index (χ1) is 23.0. The highest BCUT2D eigenvalue weighted by atomic mass is 16.5. The summed E-state index contributed by atoms with van der Waals surface area (Å²) in [6, 6.07) is 0. The van der Waals surface area contributed by atoms with Crippen molar-refractivity contribution >= 4 is 0 Å². The molecule has 4 saturated carbocycles. The largest absolute Gasteiger partial charge is 0.495 e. The molecule has 47 heavy (non-hydrogen) atoms. The molecule has 0 aromatic carbocycles. The van der Waals surface area contributed by atoms with E-state index in [4.69, 9.17) is 4.74 Å². The minimum absolute atomic E-state index is 0.233. The highest BCUT2D eigenvalue weighted by molar-refractivity contribution is 5.29. The van der Waals surface area contributed by atoms with Crippen molar-refractivity contribution in [1.29, 1.82) is 0 Å². The standard InChI is InChI=1S/C44H70O3/c1-4-8-38(6-3)47-39-24-23-37-27-41(35-10-7-9-34(29-45)19-20-35)44(46)42(43(36-21-22-36)40(37)28-39)26-33-17-15-32(16-18-33)25-31-13-11-30(5-2)12-14-31/h15-17,23-24,30-31,33-36,38,40-46H,4-14,18-22,25-29H2,1-3H3. The second-order valence-corrected chi connectivity index (χ2v) is 17.2. The van der Waals surface area contributed by atoms with Gasteiger partial charge in [0.1, 0.15) is 0 Å². The first-order valence-corrected chi connectivity index (χ1v) is 20.7. The molecule has 0 spiro atoms. The Morgan fingerprint density at radius 2 is 1.62 bits per heavy atom. The van der Waals surface area contributed by atoms with Gasteiger partial charge < -0.3 is 14.9 Å². The molecule has 9 unspecified atom stereocenters. The van der Waals surface area contributed by atoms with Gasteiger partial charge in [0, 0.05) is 13.0 Å². The lowest BCUT2D eigenvalue weighted by Crippen LogP contribution is -2.39. The van der Waals surface area contributed by atoms with E-state index < -0.39 is 0 Å². The molecule has 0 amide bonds. The van der Waals surface area contributed by atoms with Gasteiger partial charge in [-0.05, 0) is 149 Å². The van der Waals surface area contributed by atoms with Gasteiger partial charge in [0.15, 0.2) is 0 Å². The number of fused-ring (bicyclic) bond motifs is 1. The number of allylic oxidation sites excluding steroid dienone is 8. The second kappa shape index (κ2) is 17.1. The maximum atomic E-state index is 12.7. The Labute approximate surface area is 288 Å². The van der Waals surface area contributed by atoms with Gasteiger partial charge in [-0.2, -0.15) is 0 Å². The fourth-order valence-corrected chi connectivity index (χ4v) is 11.0. The van der Waals surface area contributed by atoms with Crippen LogP contribution in [0.4, 0.5) is 0 Å². The summed E-state index contributed by atoms with van der Waals surface area (Å²) >= 11 is 0. The molecule has 264 valence electrons. The Morgan fingerprint density at radius 1 is 0.851 bits per heavy atom. The van der Waals surface area contributed by atoms with Crippen LogP contribution in [0.15, 0.2) is 47.3 Å². The van der Waals surface area contributed by atoms with E-state index in [1.165, 1.54) is 82.8 Å². The van der Waals surface area contributed by atoms with Crippen LogP contribution in [0.3, 0.4) is 0 Å². The van der Waals surface area contributed by atoms with Crippen LogP contribution in [0, 0.1) is 59.2 Å². The smallest absolute Gasteiger partial charge is 0.0979 e. The fourth-order valence-electron chi connectivity index (χ4n) is 11.0. The van der Waals surface area contributed by atoms with Crippen molar-refractivity contribution < 1.29 is 14.9 Å². The molecule has 0 heterocycles. The Morgan fingerprint density at radius 3 is 2.30 bits per heavy atom. The van der Waals surface area contributed by atoms with Crippen LogP contribution in [0.5, 0.6) is 0 Å². The first kappa shape index (κ1) is 35.5. The highest BCUT2D eigenvalue weighted by Crippen LogP contribution is 2.57.